The van der Waals surface area contributed by atoms with Crippen LogP contribution in [-0.4, -0.2) is 54.2 Å². The Hall–Kier alpha value is -1.48. The number of morpholine rings is 1. The van der Waals surface area contributed by atoms with Crippen LogP contribution in [0.3, 0.4) is 0 Å². The fourth-order valence-corrected chi connectivity index (χ4v) is 3.76. The molecule has 2 aliphatic heterocycles. The fourth-order valence-electron chi connectivity index (χ4n) is 3.76. The third kappa shape index (κ3) is 3.55. The Morgan fingerprint density at radius 1 is 1.39 bits per heavy atom. The van der Waals surface area contributed by atoms with Gasteiger partial charge in [0.25, 0.3) is 0 Å². The van der Waals surface area contributed by atoms with Crippen LogP contribution in [-0.2, 0) is 11.3 Å². The quantitative estimate of drug-likeness (QED) is 0.858. The highest BCUT2D eigenvalue weighted by molar-refractivity contribution is 5.34. The maximum atomic E-state index is 13.5. The highest BCUT2D eigenvalue weighted by Crippen LogP contribution is 2.26. The van der Waals surface area contributed by atoms with Crippen LogP contribution in [0.4, 0.5) is 4.39 Å². The van der Waals surface area contributed by atoms with Gasteiger partial charge in [0, 0.05) is 38.3 Å². The highest BCUT2D eigenvalue weighted by atomic mass is 19.1. The summed E-state index contributed by atoms with van der Waals surface area (Å²) < 4.78 is 19.4. The molecule has 0 radical (unpaired) electrons. The van der Waals surface area contributed by atoms with Crippen molar-refractivity contribution < 1.29 is 9.13 Å². The maximum absolute atomic E-state index is 13.5. The molecule has 1 aromatic rings. The first-order valence-corrected chi connectivity index (χ1v) is 8.36. The van der Waals surface area contributed by atoms with Crippen molar-refractivity contribution in [3.05, 3.63) is 35.1 Å². The summed E-state index contributed by atoms with van der Waals surface area (Å²) in [6.07, 6.45) is 1.35. The molecule has 2 heterocycles. The van der Waals surface area contributed by atoms with Crippen molar-refractivity contribution in [1.82, 2.24) is 9.80 Å². The van der Waals surface area contributed by atoms with E-state index in [9.17, 15) is 4.39 Å². The number of benzene rings is 1. The summed E-state index contributed by atoms with van der Waals surface area (Å²) >= 11 is 0. The van der Waals surface area contributed by atoms with Gasteiger partial charge in [-0.15, -0.1) is 0 Å². The molecule has 0 bridgehead atoms. The number of nitrogens with zero attached hydrogens (tertiary/aromatic N) is 3. The third-order valence-corrected chi connectivity index (χ3v) is 4.93. The Morgan fingerprint density at radius 2 is 2.22 bits per heavy atom. The molecule has 0 spiro atoms. The van der Waals surface area contributed by atoms with Crippen LogP contribution in [0.5, 0.6) is 0 Å². The molecule has 2 fully saturated rings. The first kappa shape index (κ1) is 16.4. The minimum atomic E-state index is -0.443. The van der Waals surface area contributed by atoms with Crippen molar-refractivity contribution in [3.8, 4) is 6.07 Å². The Balaban J connectivity index is 1.69. The van der Waals surface area contributed by atoms with Gasteiger partial charge < -0.3 is 4.74 Å². The van der Waals surface area contributed by atoms with E-state index in [0.29, 0.717) is 18.2 Å². The molecule has 0 N–H and O–H groups in total. The summed E-state index contributed by atoms with van der Waals surface area (Å²) in [4.78, 5) is 4.92. The summed E-state index contributed by atoms with van der Waals surface area (Å²) in [6.45, 7) is 8.98. The zero-order valence-corrected chi connectivity index (χ0v) is 13.8. The van der Waals surface area contributed by atoms with E-state index in [0.717, 1.165) is 44.8 Å². The van der Waals surface area contributed by atoms with Crippen molar-refractivity contribution in [1.29, 1.82) is 5.26 Å². The largest absolute Gasteiger partial charge is 0.375 e. The minimum Gasteiger partial charge on any atom is -0.375 e. The third-order valence-electron chi connectivity index (χ3n) is 4.93. The van der Waals surface area contributed by atoms with Gasteiger partial charge in [0.05, 0.1) is 18.3 Å². The van der Waals surface area contributed by atoms with Crippen LogP contribution >= 0.6 is 0 Å². The molecule has 0 aliphatic carbocycles. The Kier molecular flexibility index (Phi) is 4.96. The highest BCUT2D eigenvalue weighted by Gasteiger charge is 2.37. The summed E-state index contributed by atoms with van der Waals surface area (Å²) in [5.74, 6) is -0.443. The number of rotatable bonds is 3. The smallest absolute Gasteiger partial charge is 0.140 e. The van der Waals surface area contributed by atoms with E-state index < -0.39 is 5.82 Å². The van der Waals surface area contributed by atoms with E-state index in [1.54, 1.807) is 12.1 Å². The summed E-state index contributed by atoms with van der Waals surface area (Å²) in [7, 11) is 0. The van der Waals surface area contributed by atoms with Gasteiger partial charge in [0.2, 0.25) is 0 Å². The number of hydrogen-bond donors (Lipinski definition) is 0. The van der Waals surface area contributed by atoms with Crippen LogP contribution in [0.2, 0.25) is 0 Å². The van der Waals surface area contributed by atoms with Gasteiger partial charge in [0.15, 0.2) is 0 Å². The zero-order valence-electron chi connectivity index (χ0n) is 13.8. The second-order valence-electron chi connectivity index (χ2n) is 6.76. The van der Waals surface area contributed by atoms with Gasteiger partial charge in [-0.05, 0) is 38.0 Å². The molecule has 23 heavy (non-hydrogen) atoms. The fraction of sp³-hybridized carbons (Fsp3) is 0.611. The predicted molar refractivity (Wildman–Crippen MR) is 86.4 cm³/mol. The van der Waals surface area contributed by atoms with Crippen molar-refractivity contribution in [2.75, 3.05) is 26.2 Å². The van der Waals surface area contributed by atoms with E-state index in [1.807, 2.05) is 6.07 Å². The number of piperidine rings is 1. The predicted octanol–water partition coefficient (Wildman–Crippen LogP) is 2.38. The second-order valence-corrected chi connectivity index (χ2v) is 6.76. The van der Waals surface area contributed by atoms with E-state index in [2.05, 4.69) is 23.6 Å². The summed E-state index contributed by atoms with van der Waals surface area (Å²) in [5.41, 5.74) is 1.12. The van der Waals surface area contributed by atoms with Crippen LogP contribution in [0.25, 0.3) is 0 Å². The minimum absolute atomic E-state index is 0.127. The number of nitriles is 1. The van der Waals surface area contributed by atoms with E-state index in [1.165, 1.54) is 6.07 Å². The standard InChI is InChI=1S/C18H24FN3O/c1-13(2)22-7-8-23-18-5-6-21(12-17(18)22)11-14-3-4-16(19)15(9-14)10-20/h3-4,9,13,17-18H,5-8,11-12H2,1-2H3/t17-,18-/m1/s1. The normalized spacial score (nSPS) is 26.0. The molecule has 5 heteroatoms. The molecule has 124 valence electrons. The molecule has 0 unspecified atom stereocenters. The first-order valence-electron chi connectivity index (χ1n) is 8.36. The molecule has 0 amide bonds. The monoisotopic (exact) mass is 317 g/mol. The Morgan fingerprint density at radius 3 is 2.96 bits per heavy atom. The molecular formula is C18H24FN3O. The molecule has 4 nitrogen and oxygen atoms in total. The van der Waals surface area contributed by atoms with Gasteiger partial charge in [-0.1, -0.05) is 6.07 Å². The SMILES string of the molecule is CC(C)N1CCO[C@@H]2CCN(Cc3ccc(F)c(C#N)c3)C[C@H]21. The number of hydrogen-bond acceptors (Lipinski definition) is 4. The van der Waals surface area contributed by atoms with Crippen LogP contribution in [0, 0.1) is 17.1 Å². The van der Waals surface area contributed by atoms with Crippen molar-refractivity contribution >= 4 is 0 Å². The van der Waals surface area contributed by atoms with Crippen LogP contribution in [0.15, 0.2) is 18.2 Å². The van der Waals surface area contributed by atoms with Gasteiger partial charge in [-0.3, -0.25) is 9.80 Å². The zero-order chi connectivity index (χ0) is 16.4. The van der Waals surface area contributed by atoms with Crippen LogP contribution < -0.4 is 0 Å². The van der Waals surface area contributed by atoms with Crippen molar-refractivity contribution in [3.63, 3.8) is 0 Å². The lowest BCUT2D eigenvalue weighted by atomic mass is 9.97. The van der Waals surface area contributed by atoms with Crippen molar-refractivity contribution in [2.45, 2.75) is 45.0 Å². The molecule has 3 rings (SSSR count). The Bertz CT molecular complexity index is 598. The molecule has 2 saturated heterocycles. The topological polar surface area (TPSA) is 39.5 Å². The molecule has 0 aromatic heterocycles. The molecule has 2 atom stereocenters. The average Bonchev–Trinajstić information content (AvgIpc) is 2.55. The van der Waals surface area contributed by atoms with Gasteiger partial charge in [-0.25, -0.2) is 4.39 Å². The number of likely N-dealkylation sites (tertiary alicyclic amines) is 1. The second kappa shape index (κ2) is 6.96. The van der Waals surface area contributed by atoms with Crippen molar-refractivity contribution in [2.24, 2.45) is 0 Å². The number of halogens is 1. The van der Waals surface area contributed by atoms with E-state index >= 15 is 0 Å². The van der Waals surface area contributed by atoms with Crippen LogP contribution in [0.1, 0.15) is 31.4 Å². The van der Waals surface area contributed by atoms with Gasteiger partial charge in [-0.2, -0.15) is 5.26 Å². The lowest BCUT2D eigenvalue weighted by molar-refractivity contribution is -0.113. The molecule has 0 saturated carbocycles. The van der Waals surface area contributed by atoms with E-state index in [-0.39, 0.29) is 5.56 Å². The summed E-state index contributed by atoms with van der Waals surface area (Å²) in [5, 5.41) is 8.97. The number of ether oxygens (including phenoxy) is 1. The molecule has 1 aromatic carbocycles. The maximum Gasteiger partial charge on any atom is 0.140 e. The lowest BCUT2D eigenvalue weighted by Crippen LogP contribution is -2.61. The Labute approximate surface area is 137 Å². The summed E-state index contributed by atoms with van der Waals surface area (Å²) in [6, 6.07) is 7.70. The molecular weight excluding hydrogens is 293 g/mol. The van der Waals surface area contributed by atoms with E-state index in [4.69, 9.17) is 10.00 Å². The first-order chi connectivity index (χ1) is 11.1. The number of fused-ring (bicyclic) bond motifs is 1. The van der Waals surface area contributed by atoms with Gasteiger partial charge in [0.1, 0.15) is 11.9 Å². The molecule has 2 aliphatic rings. The lowest BCUT2D eigenvalue weighted by Gasteiger charge is -2.48. The average molecular weight is 317 g/mol. The van der Waals surface area contributed by atoms with Gasteiger partial charge >= 0.3 is 0 Å².